The van der Waals surface area contributed by atoms with E-state index in [1.165, 1.54) is 4.88 Å². The molecule has 0 saturated heterocycles. The van der Waals surface area contributed by atoms with E-state index < -0.39 is 0 Å². The highest BCUT2D eigenvalue weighted by Gasteiger charge is 2.19. The van der Waals surface area contributed by atoms with Crippen LogP contribution in [0.25, 0.3) is 11.0 Å². The van der Waals surface area contributed by atoms with Gasteiger partial charge in [0.05, 0.1) is 24.5 Å². The third-order valence-corrected chi connectivity index (χ3v) is 6.15. The van der Waals surface area contributed by atoms with Gasteiger partial charge >= 0.3 is 0 Å². The number of nitrogens with zero attached hydrogens (tertiary/aromatic N) is 3. The van der Waals surface area contributed by atoms with Gasteiger partial charge in [-0.25, -0.2) is 4.98 Å². The fraction of sp³-hybridized carbons (Fsp3) is 0.391. The summed E-state index contributed by atoms with van der Waals surface area (Å²) in [5, 5.41) is 3.07. The van der Waals surface area contributed by atoms with Crippen LogP contribution >= 0.6 is 11.3 Å². The van der Waals surface area contributed by atoms with E-state index in [1.807, 2.05) is 35.6 Å². The van der Waals surface area contributed by atoms with E-state index in [4.69, 9.17) is 4.74 Å². The van der Waals surface area contributed by atoms with Crippen LogP contribution in [0.4, 0.5) is 0 Å². The van der Waals surface area contributed by atoms with Crippen LogP contribution in [-0.2, 0) is 4.79 Å². The number of aryl methyl sites for hydroxylation is 2. The van der Waals surface area contributed by atoms with E-state index in [0.29, 0.717) is 6.54 Å². The molecule has 2 heterocycles. The molecule has 0 saturated carbocycles. The molecule has 1 aromatic carbocycles. The molecule has 0 aliphatic heterocycles. The third kappa shape index (κ3) is 4.91. The van der Waals surface area contributed by atoms with Gasteiger partial charge in [0.2, 0.25) is 5.91 Å². The molecule has 1 atom stereocenters. The van der Waals surface area contributed by atoms with Crippen molar-refractivity contribution in [3.8, 4) is 5.75 Å². The van der Waals surface area contributed by atoms with Gasteiger partial charge in [-0.15, -0.1) is 11.3 Å². The molecule has 3 rings (SSSR count). The molecule has 6 nitrogen and oxygen atoms in total. The van der Waals surface area contributed by atoms with Crippen molar-refractivity contribution in [1.82, 2.24) is 19.6 Å². The fourth-order valence-corrected chi connectivity index (χ4v) is 4.54. The van der Waals surface area contributed by atoms with E-state index in [9.17, 15) is 4.79 Å². The predicted octanol–water partition coefficient (Wildman–Crippen LogP) is 4.23. The molecule has 30 heavy (non-hydrogen) atoms. The molecule has 7 heteroatoms. The number of methoxy groups -OCH3 is 1. The molecule has 0 bridgehead atoms. The van der Waals surface area contributed by atoms with E-state index in [-0.39, 0.29) is 11.9 Å². The number of likely N-dealkylation sites (N-methyl/N-ethyl adjacent to an activating group) is 1. The summed E-state index contributed by atoms with van der Waals surface area (Å²) in [6.07, 6.45) is 5.49. The minimum Gasteiger partial charge on any atom is -0.497 e. The van der Waals surface area contributed by atoms with Crippen LogP contribution in [0.1, 0.15) is 41.7 Å². The van der Waals surface area contributed by atoms with Crippen molar-refractivity contribution in [2.75, 3.05) is 26.7 Å². The summed E-state index contributed by atoms with van der Waals surface area (Å²) in [4.78, 5) is 21.6. The van der Waals surface area contributed by atoms with Crippen molar-refractivity contribution in [2.45, 2.75) is 33.7 Å². The molecule has 0 aliphatic carbocycles. The lowest BCUT2D eigenvalue weighted by Gasteiger charge is -2.30. The van der Waals surface area contributed by atoms with Crippen LogP contribution in [0.15, 0.2) is 36.5 Å². The number of nitrogens with one attached hydrogen (secondary N) is 1. The van der Waals surface area contributed by atoms with E-state index in [1.54, 1.807) is 24.5 Å². The van der Waals surface area contributed by atoms with Crippen molar-refractivity contribution >= 4 is 28.3 Å². The van der Waals surface area contributed by atoms with Gasteiger partial charge in [-0.2, -0.15) is 0 Å². The number of benzene rings is 1. The molecular formula is C23H30N4O2S. The largest absolute Gasteiger partial charge is 0.497 e. The zero-order valence-corrected chi connectivity index (χ0v) is 19.1. The lowest BCUT2D eigenvalue weighted by atomic mass is 10.0. The number of fused-ring (bicyclic) bond motifs is 1. The number of thiazole rings is 1. The Labute approximate surface area is 182 Å². The zero-order valence-electron chi connectivity index (χ0n) is 18.3. The SMILES string of the molecule is CCN(CC)[C@H](CNC(=O)/C=C\c1c(C)nc2sc(C)cn12)c1cccc(OC)c1. The van der Waals surface area contributed by atoms with E-state index >= 15 is 0 Å². The standard InChI is InChI=1S/C23H30N4O2S/c1-6-26(7-2)21(18-9-8-10-19(13-18)29-5)14-24-22(28)12-11-20-17(4)25-23-27(20)15-16(3)30-23/h8-13,15,21H,6-7,14H2,1-5H3,(H,24,28)/b12-11-/t21-/m1/s1. The highest BCUT2D eigenvalue weighted by molar-refractivity contribution is 7.17. The van der Waals surface area contributed by atoms with Gasteiger partial charge in [0.15, 0.2) is 4.96 Å². The van der Waals surface area contributed by atoms with Crippen LogP contribution < -0.4 is 10.1 Å². The van der Waals surface area contributed by atoms with Crippen LogP contribution in [0.3, 0.4) is 0 Å². The van der Waals surface area contributed by atoms with Crippen molar-refractivity contribution in [1.29, 1.82) is 0 Å². The Balaban J connectivity index is 1.73. The normalized spacial score (nSPS) is 12.7. The third-order valence-electron chi connectivity index (χ3n) is 5.26. The Morgan fingerprint density at radius 3 is 2.80 bits per heavy atom. The summed E-state index contributed by atoms with van der Waals surface area (Å²) in [6.45, 7) is 10.6. The maximum atomic E-state index is 12.6. The zero-order chi connectivity index (χ0) is 21.7. The van der Waals surface area contributed by atoms with E-state index in [2.05, 4.69) is 48.2 Å². The summed E-state index contributed by atoms with van der Waals surface area (Å²) in [5.41, 5.74) is 2.99. The average Bonchev–Trinajstić information content (AvgIpc) is 3.23. The average molecular weight is 427 g/mol. The van der Waals surface area contributed by atoms with Crippen LogP contribution in [0.5, 0.6) is 5.75 Å². The highest BCUT2D eigenvalue weighted by atomic mass is 32.1. The van der Waals surface area contributed by atoms with Gasteiger partial charge in [0.25, 0.3) is 0 Å². The molecule has 0 spiro atoms. The van der Waals surface area contributed by atoms with Gasteiger partial charge < -0.3 is 10.1 Å². The summed E-state index contributed by atoms with van der Waals surface area (Å²) in [5.74, 6) is 0.707. The molecule has 3 aromatic rings. The van der Waals surface area contributed by atoms with Gasteiger partial charge in [0, 0.05) is 23.7 Å². The number of carbonyl (C=O) groups is 1. The lowest BCUT2D eigenvalue weighted by Crippen LogP contribution is -2.37. The monoisotopic (exact) mass is 426 g/mol. The number of amides is 1. The van der Waals surface area contributed by atoms with Crippen molar-refractivity contribution < 1.29 is 9.53 Å². The minimum atomic E-state index is -0.114. The molecular weight excluding hydrogens is 396 g/mol. The lowest BCUT2D eigenvalue weighted by molar-refractivity contribution is -0.116. The molecule has 1 N–H and O–H groups in total. The van der Waals surface area contributed by atoms with Crippen LogP contribution in [0.2, 0.25) is 0 Å². The Kier molecular flexibility index (Phi) is 7.29. The summed E-state index contributed by atoms with van der Waals surface area (Å²) in [6, 6.07) is 8.12. The molecule has 0 fully saturated rings. The minimum absolute atomic E-state index is 0.0791. The van der Waals surface area contributed by atoms with Gasteiger partial charge in [-0.1, -0.05) is 26.0 Å². The first kappa shape index (κ1) is 22.1. The molecule has 0 unspecified atom stereocenters. The first-order valence-corrected chi connectivity index (χ1v) is 11.1. The summed E-state index contributed by atoms with van der Waals surface area (Å²) < 4.78 is 7.42. The summed E-state index contributed by atoms with van der Waals surface area (Å²) in [7, 11) is 1.67. The predicted molar refractivity (Wildman–Crippen MR) is 123 cm³/mol. The number of hydrogen-bond donors (Lipinski definition) is 1. The maximum Gasteiger partial charge on any atom is 0.244 e. The number of hydrogen-bond acceptors (Lipinski definition) is 5. The first-order chi connectivity index (χ1) is 14.5. The van der Waals surface area contributed by atoms with Crippen molar-refractivity contribution in [2.24, 2.45) is 0 Å². The second-order valence-electron chi connectivity index (χ2n) is 7.17. The number of ether oxygens (including phenoxy) is 1. The van der Waals surface area contributed by atoms with Crippen LogP contribution in [-0.4, -0.2) is 46.9 Å². The highest BCUT2D eigenvalue weighted by Crippen LogP contribution is 2.24. The second kappa shape index (κ2) is 9.91. The molecule has 2 aromatic heterocycles. The number of carbonyl (C=O) groups excluding carboxylic acids is 1. The Bertz CT molecular complexity index is 1030. The number of rotatable bonds is 9. The molecule has 160 valence electrons. The quantitative estimate of drug-likeness (QED) is 0.520. The Morgan fingerprint density at radius 2 is 2.10 bits per heavy atom. The topological polar surface area (TPSA) is 58.9 Å². The Morgan fingerprint density at radius 1 is 1.33 bits per heavy atom. The number of imidazole rings is 1. The maximum absolute atomic E-state index is 12.6. The van der Waals surface area contributed by atoms with Crippen molar-refractivity contribution in [3.05, 3.63) is 58.4 Å². The summed E-state index contributed by atoms with van der Waals surface area (Å²) >= 11 is 1.65. The first-order valence-electron chi connectivity index (χ1n) is 10.3. The number of aromatic nitrogens is 2. The van der Waals surface area contributed by atoms with Gasteiger partial charge in [-0.05, 0) is 50.7 Å². The van der Waals surface area contributed by atoms with Crippen LogP contribution in [0, 0.1) is 13.8 Å². The molecule has 1 amide bonds. The smallest absolute Gasteiger partial charge is 0.244 e. The van der Waals surface area contributed by atoms with Gasteiger partial charge in [-0.3, -0.25) is 14.1 Å². The fourth-order valence-electron chi connectivity index (χ4n) is 3.66. The van der Waals surface area contributed by atoms with Crippen molar-refractivity contribution in [3.63, 3.8) is 0 Å². The second-order valence-corrected chi connectivity index (χ2v) is 8.38. The Hall–Kier alpha value is -2.64. The van der Waals surface area contributed by atoms with E-state index in [0.717, 1.165) is 40.8 Å². The molecule has 0 radical (unpaired) electrons. The van der Waals surface area contributed by atoms with Gasteiger partial charge in [0.1, 0.15) is 5.75 Å². The molecule has 0 aliphatic rings.